The van der Waals surface area contributed by atoms with E-state index < -0.39 is 6.10 Å². The first-order valence-corrected chi connectivity index (χ1v) is 7.49. The van der Waals surface area contributed by atoms with E-state index in [-0.39, 0.29) is 29.6 Å². The number of nitrogens with two attached hydrogens (primary N) is 1. The van der Waals surface area contributed by atoms with Crippen LogP contribution in [0, 0.1) is 5.92 Å². The molecule has 22 heavy (non-hydrogen) atoms. The van der Waals surface area contributed by atoms with Gasteiger partial charge in [-0.3, -0.25) is 4.79 Å². The molecule has 2 unspecified atom stereocenters. The van der Waals surface area contributed by atoms with Crippen LogP contribution in [-0.4, -0.2) is 25.1 Å². The van der Waals surface area contributed by atoms with Crippen LogP contribution in [0.25, 0.3) is 0 Å². The van der Waals surface area contributed by atoms with Crippen LogP contribution in [0.5, 0.6) is 5.75 Å². The summed E-state index contributed by atoms with van der Waals surface area (Å²) < 4.78 is 5.73. The lowest BCUT2D eigenvalue weighted by Gasteiger charge is -2.21. The van der Waals surface area contributed by atoms with Crippen LogP contribution in [0.3, 0.4) is 0 Å². The third kappa shape index (κ3) is 6.67. The average Bonchev–Trinajstić information content (AvgIpc) is 2.43. The molecule has 0 saturated heterocycles. The van der Waals surface area contributed by atoms with Crippen LogP contribution >= 0.6 is 12.4 Å². The Balaban J connectivity index is 0.00000441. The zero-order chi connectivity index (χ0) is 16.0. The Hall–Kier alpha value is -1.26. The quantitative estimate of drug-likeness (QED) is 0.844. The molecule has 0 aromatic heterocycles. The molecule has 2 atom stereocenters. The Morgan fingerprint density at radius 3 is 2.50 bits per heavy atom. The minimum Gasteiger partial charge on any atom is -0.481 e. The molecule has 0 bridgehead atoms. The zero-order valence-electron chi connectivity index (χ0n) is 14.2. The summed E-state index contributed by atoms with van der Waals surface area (Å²) in [5.41, 5.74) is 6.77. The van der Waals surface area contributed by atoms with Crippen molar-refractivity contribution in [1.29, 1.82) is 0 Å². The molecule has 0 spiro atoms. The second-order valence-electron chi connectivity index (χ2n) is 6.62. The molecule has 1 aromatic carbocycles. The fraction of sp³-hybridized carbons (Fsp3) is 0.588. The minimum absolute atomic E-state index is 0. The number of carbonyl (C=O) groups excluding carboxylic acids is 1. The lowest BCUT2D eigenvalue weighted by atomic mass is 9.87. The van der Waals surface area contributed by atoms with Crippen molar-refractivity contribution in [2.24, 2.45) is 11.7 Å². The first-order chi connectivity index (χ1) is 9.74. The van der Waals surface area contributed by atoms with Gasteiger partial charge >= 0.3 is 0 Å². The molecule has 5 heteroatoms. The molecule has 0 radical (unpaired) electrons. The van der Waals surface area contributed by atoms with Crippen molar-refractivity contribution in [2.45, 2.75) is 46.1 Å². The maximum atomic E-state index is 12.0. The maximum Gasteiger partial charge on any atom is 0.260 e. The lowest BCUT2D eigenvalue weighted by Crippen LogP contribution is -2.39. The smallest absolute Gasteiger partial charge is 0.260 e. The standard InChI is InChI=1S/C17H28N2O2.ClH/c1-12(10-18)11-19-16(20)13(2)21-15-8-6-7-14(9-15)17(3,4)5;/h6-9,12-13H,10-11,18H2,1-5H3,(H,19,20);1H. The third-order valence-electron chi connectivity index (χ3n) is 3.41. The SMILES string of the molecule is CC(CN)CNC(=O)C(C)Oc1cccc(C(C)(C)C)c1.Cl. The van der Waals surface area contributed by atoms with Gasteiger partial charge in [0.15, 0.2) is 6.10 Å². The number of hydrogen-bond acceptors (Lipinski definition) is 3. The van der Waals surface area contributed by atoms with Crippen LogP contribution in [-0.2, 0) is 10.2 Å². The van der Waals surface area contributed by atoms with Gasteiger partial charge < -0.3 is 15.8 Å². The van der Waals surface area contributed by atoms with E-state index in [1.807, 2.05) is 25.1 Å². The summed E-state index contributed by atoms with van der Waals surface area (Å²) in [6.07, 6.45) is -0.523. The summed E-state index contributed by atoms with van der Waals surface area (Å²) in [4.78, 5) is 12.0. The number of benzene rings is 1. The van der Waals surface area contributed by atoms with E-state index in [0.29, 0.717) is 13.1 Å². The first kappa shape index (κ1) is 20.7. The molecule has 1 aromatic rings. The summed E-state index contributed by atoms with van der Waals surface area (Å²) >= 11 is 0. The predicted octanol–water partition coefficient (Wildman–Crippen LogP) is 2.88. The Morgan fingerprint density at radius 2 is 1.95 bits per heavy atom. The maximum absolute atomic E-state index is 12.0. The molecule has 4 nitrogen and oxygen atoms in total. The molecule has 0 heterocycles. The average molecular weight is 329 g/mol. The van der Waals surface area contributed by atoms with Crippen molar-refractivity contribution in [1.82, 2.24) is 5.32 Å². The molecule has 126 valence electrons. The predicted molar refractivity (Wildman–Crippen MR) is 93.7 cm³/mol. The van der Waals surface area contributed by atoms with Crippen molar-refractivity contribution in [3.8, 4) is 5.75 Å². The largest absolute Gasteiger partial charge is 0.481 e. The van der Waals surface area contributed by atoms with Gasteiger partial charge in [-0.1, -0.05) is 39.8 Å². The van der Waals surface area contributed by atoms with Crippen LogP contribution in [0.1, 0.15) is 40.2 Å². The van der Waals surface area contributed by atoms with E-state index in [1.54, 1.807) is 6.92 Å². The second kappa shape index (κ2) is 9.01. The van der Waals surface area contributed by atoms with Crippen LogP contribution < -0.4 is 15.8 Å². The van der Waals surface area contributed by atoms with E-state index in [0.717, 1.165) is 5.75 Å². The highest BCUT2D eigenvalue weighted by Gasteiger charge is 2.17. The van der Waals surface area contributed by atoms with E-state index >= 15 is 0 Å². The molecule has 1 rings (SSSR count). The van der Waals surface area contributed by atoms with Gasteiger partial charge in [-0.25, -0.2) is 0 Å². The summed E-state index contributed by atoms with van der Waals surface area (Å²) in [7, 11) is 0. The van der Waals surface area contributed by atoms with Gasteiger partial charge in [0.1, 0.15) is 5.75 Å². The number of hydrogen-bond donors (Lipinski definition) is 2. The van der Waals surface area contributed by atoms with Crippen molar-refractivity contribution in [3.05, 3.63) is 29.8 Å². The minimum atomic E-state index is -0.523. The molecular formula is C17H29ClN2O2. The van der Waals surface area contributed by atoms with Crippen LogP contribution in [0.2, 0.25) is 0 Å². The van der Waals surface area contributed by atoms with E-state index in [2.05, 4.69) is 32.2 Å². The zero-order valence-corrected chi connectivity index (χ0v) is 15.0. The van der Waals surface area contributed by atoms with Crippen LogP contribution in [0.4, 0.5) is 0 Å². The molecular weight excluding hydrogens is 300 g/mol. The molecule has 1 amide bonds. The topological polar surface area (TPSA) is 64.3 Å². The molecule has 0 aliphatic carbocycles. The molecule has 0 aliphatic rings. The number of nitrogens with one attached hydrogen (secondary N) is 1. The summed E-state index contributed by atoms with van der Waals surface area (Å²) in [6, 6.07) is 7.89. The van der Waals surface area contributed by atoms with Gasteiger partial charge in [-0.05, 0) is 42.5 Å². The summed E-state index contributed by atoms with van der Waals surface area (Å²) in [5.74, 6) is 0.874. The molecule has 3 N–H and O–H groups in total. The lowest BCUT2D eigenvalue weighted by molar-refractivity contribution is -0.127. The number of carbonyl (C=O) groups is 1. The van der Waals surface area contributed by atoms with Gasteiger partial charge in [0.25, 0.3) is 5.91 Å². The van der Waals surface area contributed by atoms with Crippen molar-refractivity contribution in [2.75, 3.05) is 13.1 Å². The summed E-state index contributed by atoms with van der Waals surface area (Å²) in [6.45, 7) is 11.3. The van der Waals surface area contributed by atoms with Gasteiger partial charge in [-0.2, -0.15) is 0 Å². The number of ether oxygens (including phenoxy) is 1. The van der Waals surface area contributed by atoms with Gasteiger partial charge in [0.05, 0.1) is 0 Å². The Morgan fingerprint density at radius 1 is 1.32 bits per heavy atom. The number of amides is 1. The van der Waals surface area contributed by atoms with Crippen LogP contribution in [0.15, 0.2) is 24.3 Å². The highest BCUT2D eigenvalue weighted by molar-refractivity contribution is 5.85. The molecule has 0 fully saturated rings. The summed E-state index contributed by atoms with van der Waals surface area (Å²) in [5, 5.41) is 2.85. The van der Waals surface area contributed by atoms with Crippen molar-refractivity contribution in [3.63, 3.8) is 0 Å². The Labute approximate surface area is 140 Å². The van der Waals surface area contributed by atoms with Gasteiger partial charge in [0.2, 0.25) is 0 Å². The van der Waals surface area contributed by atoms with E-state index in [1.165, 1.54) is 5.56 Å². The third-order valence-corrected chi connectivity index (χ3v) is 3.41. The van der Waals surface area contributed by atoms with Crippen molar-refractivity contribution < 1.29 is 9.53 Å². The Bertz CT molecular complexity index is 472. The second-order valence-corrected chi connectivity index (χ2v) is 6.62. The highest BCUT2D eigenvalue weighted by Crippen LogP contribution is 2.26. The number of halogens is 1. The monoisotopic (exact) mass is 328 g/mol. The fourth-order valence-corrected chi connectivity index (χ4v) is 1.80. The van der Waals surface area contributed by atoms with E-state index in [9.17, 15) is 4.79 Å². The van der Waals surface area contributed by atoms with E-state index in [4.69, 9.17) is 10.5 Å². The highest BCUT2D eigenvalue weighted by atomic mass is 35.5. The Kier molecular flexibility index (Phi) is 8.49. The molecule has 0 aliphatic heterocycles. The van der Waals surface area contributed by atoms with Gasteiger partial charge in [0, 0.05) is 6.54 Å². The number of rotatable bonds is 6. The van der Waals surface area contributed by atoms with Gasteiger partial charge in [-0.15, -0.1) is 12.4 Å². The normalized spacial score (nSPS) is 13.7. The first-order valence-electron chi connectivity index (χ1n) is 7.49. The molecule has 0 saturated carbocycles. The fourth-order valence-electron chi connectivity index (χ4n) is 1.80. The van der Waals surface area contributed by atoms with Crippen molar-refractivity contribution >= 4 is 18.3 Å².